The Balaban J connectivity index is 2.58. The van der Waals surface area contributed by atoms with Crippen molar-refractivity contribution in [3.63, 3.8) is 0 Å². The van der Waals surface area contributed by atoms with Gasteiger partial charge < -0.3 is 4.81 Å². The van der Waals surface area contributed by atoms with Gasteiger partial charge in [-0.2, -0.15) is 0 Å². The van der Waals surface area contributed by atoms with Crippen LogP contribution in [0.5, 0.6) is 0 Å². The highest BCUT2D eigenvalue weighted by Gasteiger charge is 2.28. The van der Waals surface area contributed by atoms with Crippen molar-refractivity contribution >= 4 is 7.98 Å². The van der Waals surface area contributed by atoms with Crippen LogP contribution in [0, 0.1) is 0 Å². The molecule has 3 heteroatoms. The molecule has 12 heavy (non-hydrogen) atoms. The average molecular weight is 166 g/mol. The Bertz CT molecular complexity index is 149. The van der Waals surface area contributed by atoms with Crippen molar-refractivity contribution in [1.82, 2.24) is 9.71 Å². The van der Waals surface area contributed by atoms with Crippen LogP contribution in [0.2, 0.25) is 0 Å². The summed E-state index contributed by atoms with van der Waals surface area (Å²) >= 11 is 0. The molecular weight excluding hydrogens is 147 g/mol. The lowest BCUT2D eigenvalue weighted by Gasteiger charge is -2.45. The lowest BCUT2D eigenvalue weighted by Crippen LogP contribution is -2.58. The first-order valence-electron chi connectivity index (χ1n) is 4.81. The highest BCUT2D eigenvalue weighted by atomic mass is 15.3. The molecule has 1 aliphatic rings. The maximum absolute atomic E-state index is 5.84. The average Bonchev–Trinajstić information content (AvgIpc) is 2.00. The van der Waals surface area contributed by atoms with Crippen LogP contribution >= 0.6 is 0 Å². The molecule has 2 unspecified atom stereocenters. The highest BCUT2D eigenvalue weighted by Crippen LogP contribution is 2.16. The molecule has 2 radical (unpaired) electrons. The molecule has 0 aromatic heterocycles. The summed E-state index contributed by atoms with van der Waals surface area (Å²) in [5.74, 6) is 0. The molecule has 0 amide bonds. The zero-order valence-electron chi connectivity index (χ0n) is 8.62. The Morgan fingerprint density at radius 1 is 1.17 bits per heavy atom. The Morgan fingerprint density at radius 3 is 2.25 bits per heavy atom. The minimum atomic E-state index is 0.473. The van der Waals surface area contributed by atoms with Crippen molar-refractivity contribution in [2.24, 2.45) is 0 Å². The van der Waals surface area contributed by atoms with E-state index in [-0.39, 0.29) is 0 Å². The number of nitrogens with zero attached hydrogens (tertiary/aromatic N) is 2. The van der Waals surface area contributed by atoms with Gasteiger partial charge in [-0.1, -0.05) is 0 Å². The lowest BCUT2D eigenvalue weighted by molar-refractivity contribution is 0.0608. The Morgan fingerprint density at radius 2 is 1.75 bits per heavy atom. The minimum Gasteiger partial charge on any atom is -0.349 e. The highest BCUT2D eigenvalue weighted by molar-refractivity contribution is 6.04. The molecule has 1 heterocycles. The molecule has 68 valence electrons. The topological polar surface area (TPSA) is 6.48 Å². The minimum absolute atomic E-state index is 0.473. The van der Waals surface area contributed by atoms with Gasteiger partial charge in [0.25, 0.3) is 0 Å². The second-order valence-corrected chi connectivity index (χ2v) is 4.05. The van der Waals surface area contributed by atoms with E-state index >= 15 is 0 Å². The van der Waals surface area contributed by atoms with Crippen molar-refractivity contribution < 1.29 is 0 Å². The first-order chi connectivity index (χ1) is 5.54. The van der Waals surface area contributed by atoms with Crippen molar-refractivity contribution in [2.75, 3.05) is 13.1 Å². The van der Waals surface area contributed by atoms with Gasteiger partial charge in [0.2, 0.25) is 0 Å². The van der Waals surface area contributed by atoms with Gasteiger partial charge in [0.05, 0.1) is 0 Å². The van der Waals surface area contributed by atoms with Crippen LogP contribution < -0.4 is 0 Å². The van der Waals surface area contributed by atoms with Gasteiger partial charge in [-0.3, -0.25) is 4.90 Å². The molecule has 1 fully saturated rings. The zero-order valence-corrected chi connectivity index (χ0v) is 8.62. The van der Waals surface area contributed by atoms with E-state index in [1.54, 1.807) is 0 Å². The van der Waals surface area contributed by atoms with E-state index in [0.717, 1.165) is 13.1 Å². The molecule has 0 saturated carbocycles. The fourth-order valence-electron chi connectivity index (χ4n) is 1.92. The van der Waals surface area contributed by atoms with Gasteiger partial charge in [-0.15, -0.1) is 0 Å². The fourth-order valence-corrected chi connectivity index (χ4v) is 1.92. The van der Waals surface area contributed by atoms with Gasteiger partial charge in [0, 0.05) is 24.7 Å². The first kappa shape index (κ1) is 10.1. The molecular formula is C9H19BN2. The van der Waals surface area contributed by atoms with Crippen molar-refractivity contribution in [3.8, 4) is 0 Å². The van der Waals surface area contributed by atoms with Crippen LogP contribution in [-0.4, -0.2) is 48.9 Å². The van der Waals surface area contributed by atoms with Gasteiger partial charge >= 0.3 is 0 Å². The second kappa shape index (κ2) is 3.80. The standard InChI is InChI=1S/C9H19BN2/c1-7(2)11-5-6-12(10)9(4)8(11)3/h7-9H,5-6H2,1-4H3. The predicted octanol–water partition coefficient (Wildman–Crippen LogP) is 0.873. The fraction of sp³-hybridized carbons (Fsp3) is 1.00. The Kier molecular flexibility index (Phi) is 3.19. The first-order valence-corrected chi connectivity index (χ1v) is 4.81. The van der Waals surface area contributed by atoms with E-state index in [2.05, 4.69) is 32.6 Å². The normalized spacial score (nSPS) is 34.4. The van der Waals surface area contributed by atoms with Crippen LogP contribution in [0.25, 0.3) is 0 Å². The molecule has 0 bridgehead atoms. The zero-order chi connectivity index (χ0) is 9.30. The third-order valence-electron chi connectivity index (χ3n) is 3.02. The van der Waals surface area contributed by atoms with Crippen LogP contribution in [0.1, 0.15) is 27.7 Å². The van der Waals surface area contributed by atoms with Crippen LogP contribution in [0.4, 0.5) is 0 Å². The predicted molar refractivity (Wildman–Crippen MR) is 53.2 cm³/mol. The monoisotopic (exact) mass is 166 g/mol. The number of rotatable bonds is 1. The molecule has 2 nitrogen and oxygen atoms in total. The van der Waals surface area contributed by atoms with Crippen LogP contribution in [-0.2, 0) is 0 Å². The summed E-state index contributed by atoms with van der Waals surface area (Å²) in [4.78, 5) is 4.46. The number of hydrogen-bond donors (Lipinski definition) is 0. The van der Waals surface area contributed by atoms with Gasteiger partial charge in [0.15, 0.2) is 7.98 Å². The van der Waals surface area contributed by atoms with E-state index in [0.29, 0.717) is 18.1 Å². The van der Waals surface area contributed by atoms with E-state index in [1.807, 2.05) is 4.81 Å². The number of hydrogen-bond acceptors (Lipinski definition) is 2. The lowest BCUT2D eigenvalue weighted by atomic mass is 10.00. The summed E-state index contributed by atoms with van der Waals surface area (Å²) in [6.45, 7) is 11.0. The van der Waals surface area contributed by atoms with E-state index in [4.69, 9.17) is 7.98 Å². The third kappa shape index (κ3) is 1.83. The summed E-state index contributed by atoms with van der Waals surface area (Å²) in [6, 6.07) is 1.68. The van der Waals surface area contributed by atoms with Crippen molar-refractivity contribution in [3.05, 3.63) is 0 Å². The maximum Gasteiger partial charge on any atom is 0.182 e. The number of piperazine rings is 1. The van der Waals surface area contributed by atoms with Gasteiger partial charge in [-0.05, 0) is 34.2 Å². The molecule has 0 aromatic rings. The van der Waals surface area contributed by atoms with E-state index in [9.17, 15) is 0 Å². The quantitative estimate of drug-likeness (QED) is 0.533. The summed E-state index contributed by atoms with van der Waals surface area (Å²) in [7, 11) is 5.84. The van der Waals surface area contributed by atoms with Gasteiger partial charge in [0.1, 0.15) is 0 Å². The second-order valence-electron chi connectivity index (χ2n) is 4.05. The van der Waals surface area contributed by atoms with Crippen LogP contribution in [0.15, 0.2) is 0 Å². The molecule has 1 aliphatic heterocycles. The molecule has 1 saturated heterocycles. The largest absolute Gasteiger partial charge is 0.349 e. The SMILES string of the molecule is [B]N1CCN(C(C)C)C(C)C1C. The summed E-state index contributed by atoms with van der Waals surface area (Å²) in [5.41, 5.74) is 0. The Labute approximate surface area is 77.3 Å². The van der Waals surface area contributed by atoms with E-state index < -0.39 is 0 Å². The Hall–Kier alpha value is -0.0151. The molecule has 2 atom stereocenters. The maximum atomic E-state index is 5.84. The molecule has 1 rings (SSSR count). The summed E-state index contributed by atoms with van der Waals surface area (Å²) in [6.07, 6.45) is 0. The van der Waals surface area contributed by atoms with Gasteiger partial charge in [-0.25, -0.2) is 0 Å². The molecule has 0 aromatic carbocycles. The van der Waals surface area contributed by atoms with Crippen molar-refractivity contribution in [2.45, 2.75) is 45.8 Å². The smallest absolute Gasteiger partial charge is 0.182 e. The van der Waals surface area contributed by atoms with Crippen LogP contribution in [0.3, 0.4) is 0 Å². The molecule has 0 N–H and O–H groups in total. The summed E-state index contributed by atoms with van der Waals surface area (Å²) in [5, 5.41) is 0. The summed E-state index contributed by atoms with van der Waals surface area (Å²) < 4.78 is 0. The van der Waals surface area contributed by atoms with E-state index in [1.165, 1.54) is 0 Å². The molecule has 0 spiro atoms. The molecule has 0 aliphatic carbocycles. The third-order valence-corrected chi connectivity index (χ3v) is 3.02. The van der Waals surface area contributed by atoms with Crippen molar-refractivity contribution in [1.29, 1.82) is 0 Å².